The number of nitrogens with one attached hydrogen (secondary N) is 2. The van der Waals surface area contributed by atoms with Crippen LogP contribution in [0, 0.1) is 0 Å². The fourth-order valence-electron chi connectivity index (χ4n) is 2.67. The van der Waals surface area contributed by atoms with Crippen LogP contribution < -0.4 is 15.4 Å². The maximum Gasteiger partial charge on any atom is 0.191 e. The standard InChI is InChI=1S/C17H27N3O.HI/c1-3-18-17(20-15-6-4-5-7-15)19-13-12-14-8-10-16(21-2)11-9-14;/h8-11,15H,3-7,12-13H2,1-2H3,(H2,18,19,20);1H. The van der Waals surface area contributed by atoms with E-state index in [1.54, 1.807) is 7.11 Å². The summed E-state index contributed by atoms with van der Waals surface area (Å²) in [6.07, 6.45) is 6.16. The fourth-order valence-corrected chi connectivity index (χ4v) is 2.67. The molecule has 0 amide bonds. The van der Waals surface area contributed by atoms with Crippen molar-refractivity contribution in [2.45, 2.75) is 45.1 Å². The third kappa shape index (κ3) is 6.42. The van der Waals surface area contributed by atoms with Crippen molar-refractivity contribution in [1.82, 2.24) is 10.6 Å². The molecule has 1 aliphatic carbocycles. The molecule has 0 heterocycles. The Hall–Kier alpha value is -0.980. The second-order valence-electron chi connectivity index (χ2n) is 5.48. The van der Waals surface area contributed by atoms with Gasteiger partial charge in [0.2, 0.25) is 0 Å². The van der Waals surface area contributed by atoms with Crippen LogP contribution in [0.2, 0.25) is 0 Å². The van der Waals surface area contributed by atoms with Gasteiger partial charge in [-0.05, 0) is 43.9 Å². The van der Waals surface area contributed by atoms with Crippen molar-refractivity contribution in [2.24, 2.45) is 4.99 Å². The lowest BCUT2D eigenvalue weighted by Crippen LogP contribution is -2.42. The highest BCUT2D eigenvalue weighted by molar-refractivity contribution is 14.0. The number of nitrogens with zero attached hydrogens (tertiary/aromatic N) is 1. The average Bonchev–Trinajstić information content (AvgIpc) is 3.01. The van der Waals surface area contributed by atoms with E-state index in [0.717, 1.165) is 31.2 Å². The molecule has 0 spiro atoms. The Morgan fingerprint density at radius 2 is 1.91 bits per heavy atom. The summed E-state index contributed by atoms with van der Waals surface area (Å²) in [7, 11) is 1.69. The van der Waals surface area contributed by atoms with Gasteiger partial charge in [0, 0.05) is 19.1 Å². The highest BCUT2D eigenvalue weighted by atomic mass is 127. The topological polar surface area (TPSA) is 45.7 Å². The highest BCUT2D eigenvalue weighted by Gasteiger charge is 2.15. The molecule has 1 aliphatic rings. The minimum atomic E-state index is 0. The Balaban J connectivity index is 0.00000242. The van der Waals surface area contributed by atoms with Crippen molar-refractivity contribution in [2.75, 3.05) is 20.2 Å². The molecule has 0 unspecified atom stereocenters. The van der Waals surface area contributed by atoms with Crippen LogP contribution in [-0.2, 0) is 6.42 Å². The van der Waals surface area contributed by atoms with Crippen LogP contribution in [-0.4, -0.2) is 32.2 Å². The first-order chi connectivity index (χ1) is 10.3. The number of benzene rings is 1. The predicted octanol–water partition coefficient (Wildman–Crippen LogP) is 3.35. The normalized spacial score (nSPS) is 15.3. The summed E-state index contributed by atoms with van der Waals surface area (Å²) in [6.45, 7) is 3.81. The summed E-state index contributed by atoms with van der Waals surface area (Å²) >= 11 is 0. The molecule has 2 N–H and O–H groups in total. The van der Waals surface area contributed by atoms with Crippen LogP contribution in [0.15, 0.2) is 29.3 Å². The van der Waals surface area contributed by atoms with Gasteiger partial charge in [-0.25, -0.2) is 0 Å². The Morgan fingerprint density at radius 1 is 1.23 bits per heavy atom. The van der Waals surface area contributed by atoms with Gasteiger partial charge in [-0.2, -0.15) is 0 Å². The lowest BCUT2D eigenvalue weighted by Gasteiger charge is -2.16. The van der Waals surface area contributed by atoms with Crippen LogP contribution in [0.4, 0.5) is 0 Å². The third-order valence-electron chi connectivity index (χ3n) is 3.87. The first-order valence-corrected chi connectivity index (χ1v) is 7.99. The number of guanidine groups is 1. The summed E-state index contributed by atoms with van der Waals surface area (Å²) < 4.78 is 5.17. The molecule has 5 heteroatoms. The van der Waals surface area contributed by atoms with E-state index in [4.69, 9.17) is 4.74 Å². The molecule has 0 aliphatic heterocycles. The van der Waals surface area contributed by atoms with E-state index in [-0.39, 0.29) is 24.0 Å². The van der Waals surface area contributed by atoms with Crippen molar-refractivity contribution < 1.29 is 4.74 Å². The lowest BCUT2D eigenvalue weighted by atomic mass is 10.1. The zero-order chi connectivity index (χ0) is 14.9. The molecule has 0 bridgehead atoms. The smallest absolute Gasteiger partial charge is 0.191 e. The van der Waals surface area contributed by atoms with Crippen LogP contribution in [0.1, 0.15) is 38.2 Å². The van der Waals surface area contributed by atoms with Gasteiger partial charge < -0.3 is 15.4 Å². The van der Waals surface area contributed by atoms with Gasteiger partial charge in [0.25, 0.3) is 0 Å². The monoisotopic (exact) mass is 417 g/mol. The number of halogens is 1. The maximum absolute atomic E-state index is 5.17. The summed E-state index contributed by atoms with van der Waals surface area (Å²) in [5.74, 6) is 1.86. The SMILES string of the molecule is CCNC(=NCCc1ccc(OC)cc1)NC1CCCC1.I. The molecule has 22 heavy (non-hydrogen) atoms. The summed E-state index contributed by atoms with van der Waals surface area (Å²) in [5.41, 5.74) is 1.29. The Morgan fingerprint density at radius 3 is 2.50 bits per heavy atom. The Kier molecular flexibility index (Phi) is 9.27. The second-order valence-corrected chi connectivity index (χ2v) is 5.48. The van der Waals surface area contributed by atoms with Gasteiger partial charge in [-0.3, -0.25) is 4.99 Å². The van der Waals surface area contributed by atoms with E-state index in [1.807, 2.05) is 12.1 Å². The van der Waals surface area contributed by atoms with Crippen molar-refractivity contribution in [3.05, 3.63) is 29.8 Å². The molecule has 1 saturated carbocycles. The Labute approximate surface area is 151 Å². The van der Waals surface area contributed by atoms with Gasteiger partial charge in [-0.15, -0.1) is 24.0 Å². The number of hydrogen-bond donors (Lipinski definition) is 2. The van der Waals surface area contributed by atoms with Crippen molar-refractivity contribution >= 4 is 29.9 Å². The number of hydrogen-bond acceptors (Lipinski definition) is 2. The third-order valence-corrected chi connectivity index (χ3v) is 3.87. The minimum Gasteiger partial charge on any atom is -0.497 e. The number of rotatable bonds is 6. The van der Waals surface area contributed by atoms with Crippen LogP contribution in [0.5, 0.6) is 5.75 Å². The van der Waals surface area contributed by atoms with Crippen molar-refractivity contribution in [1.29, 1.82) is 0 Å². The minimum absolute atomic E-state index is 0. The van der Waals surface area contributed by atoms with Crippen LogP contribution >= 0.6 is 24.0 Å². The molecule has 1 aromatic carbocycles. The van der Waals surface area contributed by atoms with Crippen LogP contribution in [0.3, 0.4) is 0 Å². The van der Waals surface area contributed by atoms with E-state index in [0.29, 0.717) is 6.04 Å². The number of aliphatic imine (C=N–C) groups is 1. The van der Waals surface area contributed by atoms with E-state index in [1.165, 1.54) is 31.2 Å². The van der Waals surface area contributed by atoms with Gasteiger partial charge >= 0.3 is 0 Å². The van der Waals surface area contributed by atoms with Crippen molar-refractivity contribution in [3.8, 4) is 5.75 Å². The summed E-state index contributed by atoms with van der Waals surface area (Å²) in [4.78, 5) is 4.68. The van der Waals surface area contributed by atoms with Gasteiger partial charge in [0.1, 0.15) is 5.75 Å². The fraction of sp³-hybridized carbons (Fsp3) is 0.588. The molecular weight excluding hydrogens is 389 g/mol. The number of methoxy groups -OCH3 is 1. The lowest BCUT2D eigenvalue weighted by molar-refractivity contribution is 0.414. The zero-order valence-electron chi connectivity index (χ0n) is 13.6. The van der Waals surface area contributed by atoms with E-state index < -0.39 is 0 Å². The Bertz CT molecular complexity index is 442. The van der Waals surface area contributed by atoms with E-state index >= 15 is 0 Å². The van der Waals surface area contributed by atoms with Gasteiger partial charge in [-0.1, -0.05) is 25.0 Å². The van der Waals surface area contributed by atoms with Gasteiger partial charge in [0.15, 0.2) is 5.96 Å². The molecule has 4 nitrogen and oxygen atoms in total. The summed E-state index contributed by atoms with van der Waals surface area (Å²) in [5, 5.41) is 6.87. The molecule has 1 aromatic rings. The van der Waals surface area contributed by atoms with Gasteiger partial charge in [0.05, 0.1) is 7.11 Å². The largest absolute Gasteiger partial charge is 0.497 e. The maximum atomic E-state index is 5.17. The summed E-state index contributed by atoms with van der Waals surface area (Å²) in [6, 6.07) is 8.81. The number of ether oxygens (including phenoxy) is 1. The average molecular weight is 417 g/mol. The molecule has 1 fully saturated rings. The predicted molar refractivity (Wildman–Crippen MR) is 103 cm³/mol. The van der Waals surface area contributed by atoms with E-state index in [2.05, 4.69) is 34.7 Å². The first-order valence-electron chi connectivity index (χ1n) is 7.99. The van der Waals surface area contributed by atoms with Crippen LogP contribution in [0.25, 0.3) is 0 Å². The molecule has 0 saturated heterocycles. The first kappa shape index (κ1) is 19.1. The molecule has 2 rings (SSSR count). The van der Waals surface area contributed by atoms with Crippen molar-refractivity contribution in [3.63, 3.8) is 0 Å². The molecule has 0 radical (unpaired) electrons. The zero-order valence-corrected chi connectivity index (χ0v) is 15.9. The second kappa shape index (κ2) is 10.7. The highest BCUT2D eigenvalue weighted by Crippen LogP contribution is 2.17. The molecule has 124 valence electrons. The molecular formula is C17H28IN3O. The molecule has 0 atom stereocenters. The molecule has 0 aromatic heterocycles. The quantitative estimate of drug-likeness (QED) is 0.424. The van der Waals surface area contributed by atoms with E-state index in [9.17, 15) is 0 Å².